The molecule has 0 spiro atoms. The van der Waals surface area contributed by atoms with E-state index in [1.165, 1.54) is 5.56 Å². The van der Waals surface area contributed by atoms with Crippen molar-refractivity contribution in [2.24, 2.45) is 5.73 Å². The van der Waals surface area contributed by atoms with Crippen LogP contribution in [0.2, 0.25) is 0 Å². The molecule has 61 heavy (non-hydrogen) atoms. The molecule has 2 N–H and O–H groups in total. The van der Waals surface area contributed by atoms with E-state index >= 15 is 35.1 Å². The zero-order valence-corrected chi connectivity index (χ0v) is 29.0. The van der Waals surface area contributed by atoms with E-state index in [2.05, 4.69) is 12.1 Å². The highest BCUT2D eigenvalue weighted by Gasteiger charge is 2.52. The Morgan fingerprint density at radius 2 is 0.607 bits per heavy atom. The molecule has 6 aromatic rings. The smallest absolute Gasteiger partial charge is 0.249 e. The highest BCUT2D eigenvalue weighted by Crippen LogP contribution is 2.30. The maximum absolute atomic E-state index is 15.4. The molecule has 0 atom stereocenters. The molecular weight excluding hydrogens is 879 g/mol. The lowest BCUT2D eigenvalue weighted by molar-refractivity contribution is -0.688. The fraction of sp³-hybridized carbons (Fsp3) is 0.0270. The van der Waals surface area contributed by atoms with Gasteiger partial charge in [0.05, 0.1) is 5.56 Å². The maximum atomic E-state index is 15.4. The molecule has 0 saturated heterocycles. The zero-order valence-electron chi connectivity index (χ0n) is 29.0. The third-order valence-corrected chi connectivity index (χ3v) is 9.09. The van der Waals surface area contributed by atoms with Crippen molar-refractivity contribution in [3.63, 3.8) is 0 Å². The SMILES string of the molecule is Fc1c(F)c(F)c([B-](c2c(F)c(F)c(F)c(F)c2F)(c2c(F)c(F)c(F)c(F)c2F)c2c(F)c(F)c(F)c(F)c2F)c(F)c1F.NC(=O)c1cc[n+](Cc2ccccc2)cc1. The lowest BCUT2D eigenvalue weighted by Gasteiger charge is -2.44. The number of amides is 1. The van der Waals surface area contributed by atoms with Gasteiger partial charge in [0, 0.05) is 17.7 Å². The summed E-state index contributed by atoms with van der Waals surface area (Å²) in [6.07, 6.45) is -3.51. The van der Waals surface area contributed by atoms with Crippen LogP contribution in [0, 0.1) is 116 Å². The Hall–Kier alpha value is -6.62. The largest absolute Gasteiger partial charge is 0.366 e. The van der Waals surface area contributed by atoms with Crippen molar-refractivity contribution >= 4 is 33.9 Å². The van der Waals surface area contributed by atoms with Crippen molar-refractivity contribution in [3.05, 3.63) is 182 Å². The average molecular weight is 892 g/mol. The van der Waals surface area contributed by atoms with Crippen LogP contribution < -0.4 is 32.2 Å². The Balaban J connectivity index is 0.000000366. The molecule has 320 valence electrons. The summed E-state index contributed by atoms with van der Waals surface area (Å²) in [5.41, 5.74) is -7.41. The second-order valence-corrected chi connectivity index (χ2v) is 12.4. The van der Waals surface area contributed by atoms with Gasteiger partial charge in [-0.3, -0.25) is 4.79 Å². The van der Waals surface area contributed by atoms with Gasteiger partial charge in [0.25, 0.3) is 0 Å². The Labute approximate surface area is 325 Å². The number of aromatic nitrogens is 1. The molecule has 0 fully saturated rings. The van der Waals surface area contributed by atoms with Gasteiger partial charge < -0.3 is 5.73 Å². The number of carbonyl (C=O) groups excluding carboxylic acids is 1. The standard InChI is InChI=1S/C24BF20.C13H12N2O/c26-5-1(6(27)14(35)21(42)13(5)34)25(2-7(28)15(36)22(43)16(37)8(2)29,3-9(30)17(38)23(44)18(39)10(3)31)4-11(32)19(40)24(45)20(41)12(4)33;14-13(16)12-6-8-15(9-7-12)10-11-4-2-1-3-5-11/h;1-9H,10H2,(H-,14,16)/q-1;/p+1. The second-order valence-electron chi connectivity index (χ2n) is 12.4. The predicted octanol–water partition coefficient (Wildman–Crippen LogP) is 6.97. The molecule has 0 saturated carbocycles. The molecule has 1 amide bonds. The van der Waals surface area contributed by atoms with E-state index in [-0.39, 0.29) is 0 Å². The van der Waals surface area contributed by atoms with Gasteiger partial charge in [0.2, 0.25) is 5.91 Å². The van der Waals surface area contributed by atoms with Crippen LogP contribution in [0.25, 0.3) is 0 Å². The molecule has 0 aliphatic carbocycles. The molecule has 1 aromatic heterocycles. The minimum absolute atomic E-state index is 0.396. The molecular formula is C37H13BF20N2O. The Morgan fingerprint density at radius 3 is 0.836 bits per heavy atom. The van der Waals surface area contributed by atoms with Crippen LogP contribution >= 0.6 is 0 Å². The minimum atomic E-state index is -7.22. The molecule has 0 radical (unpaired) electrons. The van der Waals surface area contributed by atoms with Gasteiger partial charge in [-0.15, -0.1) is 21.9 Å². The number of pyridine rings is 1. The van der Waals surface area contributed by atoms with E-state index < -0.39 is 150 Å². The van der Waals surface area contributed by atoms with Crippen molar-refractivity contribution < 1.29 is 97.2 Å². The molecule has 6 rings (SSSR count). The number of carbonyl (C=O) groups is 1. The van der Waals surface area contributed by atoms with E-state index in [0.717, 1.165) is 6.54 Å². The molecule has 1 heterocycles. The van der Waals surface area contributed by atoms with Crippen LogP contribution in [-0.2, 0) is 6.54 Å². The topological polar surface area (TPSA) is 47.0 Å². The third-order valence-electron chi connectivity index (χ3n) is 9.09. The summed E-state index contributed by atoms with van der Waals surface area (Å²) in [7, 11) is 0. The molecule has 3 nitrogen and oxygen atoms in total. The highest BCUT2D eigenvalue weighted by molar-refractivity contribution is 7.20. The lowest BCUT2D eigenvalue weighted by Crippen LogP contribution is -2.81. The Kier molecular flexibility index (Phi) is 12.5. The summed E-state index contributed by atoms with van der Waals surface area (Å²) in [5.74, 6) is -71.8. The monoisotopic (exact) mass is 892 g/mol. The molecule has 5 aromatic carbocycles. The summed E-state index contributed by atoms with van der Waals surface area (Å²) < 4.78 is 296. The summed E-state index contributed by atoms with van der Waals surface area (Å²) >= 11 is 0. The number of nitrogens with zero attached hydrogens (tertiary/aromatic N) is 1. The molecule has 0 bridgehead atoms. The molecule has 0 aliphatic rings. The normalized spacial score (nSPS) is 11.5. The first-order valence-electron chi connectivity index (χ1n) is 16.0. The molecule has 24 heteroatoms. The third kappa shape index (κ3) is 7.26. The molecule has 0 unspecified atom stereocenters. The fourth-order valence-electron chi connectivity index (χ4n) is 6.40. The summed E-state index contributed by atoms with van der Waals surface area (Å²) in [6, 6.07) is 13.6. The van der Waals surface area contributed by atoms with E-state index in [0.29, 0.717) is 5.56 Å². The van der Waals surface area contributed by atoms with Gasteiger partial charge >= 0.3 is 0 Å². The first kappa shape index (κ1) is 45.5. The second kappa shape index (κ2) is 16.8. The first-order valence-corrected chi connectivity index (χ1v) is 16.0. The highest BCUT2D eigenvalue weighted by atomic mass is 19.2. The average Bonchev–Trinajstić information content (AvgIpc) is 3.24. The van der Waals surface area contributed by atoms with Crippen LogP contribution in [0.4, 0.5) is 87.8 Å². The Bertz CT molecular complexity index is 2370. The number of hydrogen-bond donors (Lipinski definition) is 1. The van der Waals surface area contributed by atoms with Gasteiger partial charge in [0.1, 0.15) is 52.7 Å². The van der Waals surface area contributed by atoms with Crippen molar-refractivity contribution in [3.8, 4) is 0 Å². The number of nitrogens with two attached hydrogens (primary N) is 1. The van der Waals surface area contributed by atoms with Gasteiger partial charge in [-0.1, -0.05) is 30.3 Å². The van der Waals surface area contributed by atoms with Gasteiger partial charge in [0.15, 0.2) is 88.7 Å². The zero-order chi connectivity index (χ0) is 45.7. The maximum Gasteiger partial charge on any atom is 0.249 e. The summed E-state index contributed by atoms with van der Waals surface area (Å²) in [4.78, 5) is 10.9. The number of benzene rings is 5. The fourth-order valence-corrected chi connectivity index (χ4v) is 6.40. The van der Waals surface area contributed by atoms with Crippen LogP contribution in [0.15, 0.2) is 54.9 Å². The van der Waals surface area contributed by atoms with Crippen LogP contribution in [0.3, 0.4) is 0 Å². The number of halogens is 20. The van der Waals surface area contributed by atoms with Gasteiger partial charge in [-0.25, -0.2) is 92.4 Å². The van der Waals surface area contributed by atoms with Gasteiger partial charge in [-0.05, 0) is 0 Å². The van der Waals surface area contributed by atoms with Crippen molar-refractivity contribution in [2.45, 2.75) is 6.54 Å². The van der Waals surface area contributed by atoms with Crippen LogP contribution in [0.1, 0.15) is 15.9 Å². The quantitative estimate of drug-likeness (QED) is 0.0609. The lowest BCUT2D eigenvalue weighted by atomic mass is 9.12. The minimum Gasteiger partial charge on any atom is -0.366 e. The number of primary amides is 1. The van der Waals surface area contributed by atoms with Crippen molar-refractivity contribution in [1.82, 2.24) is 0 Å². The van der Waals surface area contributed by atoms with E-state index in [1.807, 2.05) is 35.2 Å². The number of rotatable bonds is 7. The Morgan fingerprint density at radius 1 is 0.377 bits per heavy atom. The van der Waals surface area contributed by atoms with Crippen molar-refractivity contribution in [2.75, 3.05) is 0 Å². The van der Waals surface area contributed by atoms with E-state index in [4.69, 9.17) is 5.73 Å². The van der Waals surface area contributed by atoms with E-state index in [9.17, 15) is 57.5 Å². The molecule has 0 aliphatic heterocycles. The van der Waals surface area contributed by atoms with E-state index in [1.54, 1.807) is 12.1 Å². The van der Waals surface area contributed by atoms with Gasteiger partial charge in [-0.2, -0.15) is 0 Å². The summed E-state index contributed by atoms with van der Waals surface area (Å²) in [5, 5.41) is 0. The number of hydrogen-bond acceptors (Lipinski definition) is 1. The first-order chi connectivity index (χ1) is 28.5. The summed E-state index contributed by atoms with van der Waals surface area (Å²) in [6.45, 7) is 0.792. The predicted molar refractivity (Wildman–Crippen MR) is 170 cm³/mol. The van der Waals surface area contributed by atoms with Crippen LogP contribution in [0.5, 0.6) is 0 Å². The van der Waals surface area contributed by atoms with Crippen LogP contribution in [-0.4, -0.2) is 12.1 Å². The van der Waals surface area contributed by atoms with Crippen molar-refractivity contribution in [1.29, 1.82) is 0 Å².